The second-order valence-corrected chi connectivity index (χ2v) is 7.77. The molecule has 0 atom stereocenters. The number of aryl methyl sites for hydroxylation is 3. The molecule has 0 spiro atoms. The van der Waals surface area contributed by atoms with Gasteiger partial charge < -0.3 is 4.74 Å². The Morgan fingerprint density at radius 2 is 1.95 bits per heavy atom. The molecule has 118 valence electrons. The van der Waals surface area contributed by atoms with Gasteiger partial charge in [0.05, 0.1) is 10.7 Å². The lowest BCUT2D eigenvalue weighted by Gasteiger charge is -2.09. The first-order valence-corrected chi connectivity index (χ1v) is 8.77. The van der Waals surface area contributed by atoms with Crippen LogP contribution in [-0.2, 0) is 14.8 Å². The van der Waals surface area contributed by atoms with E-state index in [0.29, 0.717) is 16.5 Å². The molecule has 0 bridgehead atoms. The number of amides is 1. The highest BCUT2D eigenvalue weighted by atomic mass is 32.2. The van der Waals surface area contributed by atoms with Crippen LogP contribution < -0.4 is 9.46 Å². The van der Waals surface area contributed by atoms with Crippen LogP contribution in [0.3, 0.4) is 0 Å². The van der Waals surface area contributed by atoms with Crippen molar-refractivity contribution in [2.24, 2.45) is 0 Å². The average Bonchev–Trinajstić information content (AvgIpc) is 2.77. The fourth-order valence-corrected chi connectivity index (χ4v) is 4.31. The van der Waals surface area contributed by atoms with Gasteiger partial charge in [-0.3, -0.25) is 4.79 Å². The zero-order valence-corrected chi connectivity index (χ0v) is 14.0. The first kappa shape index (κ1) is 16.4. The lowest BCUT2D eigenvalue weighted by atomic mass is 10.2. The Morgan fingerprint density at radius 1 is 1.27 bits per heavy atom. The summed E-state index contributed by atoms with van der Waals surface area (Å²) in [5, 5.41) is 0.626. The summed E-state index contributed by atoms with van der Waals surface area (Å²) in [6.07, 6.45) is 0. The highest BCUT2D eigenvalue weighted by molar-refractivity contribution is 7.92. The topological polar surface area (TPSA) is 85.4 Å². The number of ether oxygens (including phenoxy) is 1. The van der Waals surface area contributed by atoms with E-state index >= 15 is 0 Å². The van der Waals surface area contributed by atoms with Crippen LogP contribution in [-0.4, -0.2) is 25.9 Å². The number of thiazole rings is 1. The predicted octanol–water partition coefficient (Wildman–Crippen LogP) is 1.95. The predicted molar refractivity (Wildman–Crippen MR) is 83.6 cm³/mol. The van der Waals surface area contributed by atoms with Crippen LogP contribution in [0.25, 0.3) is 0 Å². The SMILES string of the molecule is Cc1nc(C)c(S(=O)(=O)NC(=O)COc2ccccc2C)s1. The van der Waals surface area contributed by atoms with E-state index in [1.165, 1.54) is 0 Å². The maximum atomic E-state index is 12.1. The van der Waals surface area contributed by atoms with Crippen molar-refractivity contribution in [1.82, 2.24) is 9.71 Å². The maximum Gasteiger partial charge on any atom is 0.275 e. The van der Waals surface area contributed by atoms with Gasteiger partial charge in [-0.1, -0.05) is 18.2 Å². The molecular formula is C14H16N2O4S2. The molecule has 0 aliphatic carbocycles. The van der Waals surface area contributed by atoms with Crippen molar-refractivity contribution in [3.8, 4) is 5.75 Å². The fraction of sp³-hybridized carbons (Fsp3) is 0.286. The van der Waals surface area contributed by atoms with E-state index in [0.717, 1.165) is 16.9 Å². The molecule has 2 aromatic rings. The minimum Gasteiger partial charge on any atom is -0.483 e. The van der Waals surface area contributed by atoms with Gasteiger partial charge in [0.25, 0.3) is 15.9 Å². The number of nitrogens with zero attached hydrogens (tertiary/aromatic N) is 1. The van der Waals surface area contributed by atoms with E-state index in [1.54, 1.807) is 26.0 Å². The molecule has 0 fully saturated rings. The third-order valence-corrected chi connectivity index (χ3v) is 5.86. The van der Waals surface area contributed by atoms with Gasteiger partial charge >= 0.3 is 0 Å². The number of benzene rings is 1. The van der Waals surface area contributed by atoms with E-state index in [1.807, 2.05) is 23.8 Å². The van der Waals surface area contributed by atoms with Gasteiger partial charge in [-0.2, -0.15) is 0 Å². The Bertz CT molecular complexity index is 797. The Balaban J connectivity index is 2.03. The third-order valence-electron chi connectivity index (χ3n) is 2.81. The molecule has 1 aromatic heterocycles. The number of para-hydroxylation sites is 1. The van der Waals surface area contributed by atoms with E-state index in [9.17, 15) is 13.2 Å². The van der Waals surface area contributed by atoms with E-state index < -0.39 is 15.9 Å². The summed E-state index contributed by atoms with van der Waals surface area (Å²) in [6.45, 7) is 4.76. The van der Waals surface area contributed by atoms with Crippen LogP contribution >= 0.6 is 11.3 Å². The number of hydrogen-bond acceptors (Lipinski definition) is 6. The van der Waals surface area contributed by atoms with Crippen molar-refractivity contribution in [2.45, 2.75) is 25.0 Å². The Morgan fingerprint density at radius 3 is 2.55 bits per heavy atom. The molecule has 0 saturated carbocycles. The molecule has 0 aliphatic rings. The molecule has 22 heavy (non-hydrogen) atoms. The molecule has 0 unspecified atom stereocenters. The number of carbonyl (C=O) groups excluding carboxylic acids is 1. The van der Waals surface area contributed by atoms with Crippen molar-refractivity contribution in [2.75, 3.05) is 6.61 Å². The lowest BCUT2D eigenvalue weighted by Crippen LogP contribution is -2.34. The summed E-state index contributed by atoms with van der Waals surface area (Å²) >= 11 is 1.03. The number of rotatable bonds is 5. The monoisotopic (exact) mass is 340 g/mol. The molecule has 8 heteroatoms. The summed E-state index contributed by atoms with van der Waals surface area (Å²) in [6, 6.07) is 7.18. The van der Waals surface area contributed by atoms with Crippen LogP contribution in [0.15, 0.2) is 28.5 Å². The second kappa shape index (κ2) is 6.45. The average molecular weight is 340 g/mol. The Kier molecular flexibility index (Phi) is 4.82. The Hall–Kier alpha value is -1.93. The highest BCUT2D eigenvalue weighted by Crippen LogP contribution is 2.22. The second-order valence-electron chi connectivity index (χ2n) is 4.69. The molecule has 1 amide bonds. The zero-order valence-electron chi connectivity index (χ0n) is 12.4. The number of nitrogens with one attached hydrogen (secondary N) is 1. The summed E-state index contributed by atoms with van der Waals surface area (Å²) in [4.78, 5) is 15.9. The van der Waals surface area contributed by atoms with Crippen LogP contribution in [0.2, 0.25) is 0 Å². The smallest absolute Gasteiger partial charge is 0.275 e. The van der Waals surface area contributed by atoms with Gasteiger partial charge in [0.2, 0.25) is 0 Å². The normalized spacial score (nSPS) is 11.2. The number of aromatic nitrogens is 1. The number of hydrogen-bond donors (Lipinski definition) is 1. The number of sulfonamides is 1. The fourth-order valence-electron chi connectivity index (χ4n) is 1.85. The lowest BCUT2D eigenvalue weighted by molar-refractivity contribution is -0.121. The molecule has 0 aliphatic heterocycles. The van der Waals surface area contributed by atoms with Crippen LogP contribution in [0.1, 0.15) is 16.3 Å². The molecule has 2 rings (SSSR count). The molecule has 1 N–H and O–H groups in total. The van der Waals surface area contributed by atoms with Gasteiger partial charge in [-0.05, 0) is 32.4 Å². The minimum atomic E-state index is -3.91. The standard InChI is InChI=1S/C14H16N2O4S2/c1-9-6-4-5-7-12(9)20-8-13(17)16-22(18,19)14-10(2)15-11(3)21-14/h4-7H,8H2,1-3H3,(H,16,17). The quantitative estimate of drug-likeness (QED) is 0.899. The number of carbonyl (C=O) groups is 1. The van der Waals surface area contributed by atoms with Crippen LogP contribution in [0.5, 0.6) is 5.75 Å². The largest absolute Gasteiger partial charge is 0.483 e. The molecular weight excluding hydrogens is 324 g/mol. The Labute approximate surface area is 133 Å². The summed E-state index contributed by atoms with van der Waals surface area (Å²) < 4.78 is 31.6. The van der Waals surface area contributed by atoms with Crippen LogP contribution in [0.4, 0.5) is 0 Å². The van der Waals surface area contributed by atoms with Crippen molar-refractivity contribution in [3.05, 3.63) is 40.5 Å². The minimum absolute atomic E-state index is 0.0502. The maximum absolute atomic E-state index is 12.1. The summed E-state index contributed by atoms with van der Waals surface area (Å²) in [7, 11) is -3.91. The first-order chi connectivity index (χ1) is 10.3. The van der Waals surface area contributed by atoms with Gasteiger partial charge in [-0.25, -0.2) is 18.1 Å². The van der Waals surface area contributed by atoms with Gasteiger partial charge in [0.15, 0.2) is 10.8 Å². The van der Waals surface area contributed by atoms with Crippen LogP contribution in [0, 0.1) is 20.8 Å². The van der Waals surface area contributed by atoms with Crippen molar-refractivity contribution in [3.63, 3.8) is 0 Å². The molecule has 1 aromatic carbocycles. The molecule has 6 nitrogen and oxygen atoms in total. The summed E-state index contributed by atoms with van der Waals surface area (Å²) in [5.74, 6) is -0.187. The van der Waals surface area contributed by atoms with Gasteiger partial charge in [-0.15, -0.1) is 11.3 Å². The van der Waals surface area contributed by atoms with Gasteiger partial charge in [0.1, 0.15) is 5.75 Å². The van der Waals surface area contributed by atoms with E-state index in [4.69, 9.17) is 4.74 Å². The van der Waals surface area contributed by atoms with Gasteiger partial charge in [0, 0.05) is 0 Å². The highest BCUT2D eigenvalue weighted by Gasteiger charge is 2.23. The van der Waals surface area contributed by atoms with Crippen molar-refractivity contribution in [1.29, 1.82) is 0 Å². The van der Waals surface area contributed by atoms with Crippen molar-refractivity contribution >= 4 is 27.3 Å². The molecule has 0 radical (unpaired) electrons. The molecule has 1 heterocycles. The van der Waals surface area contributed by atoms with E-state index in [-0.39, 0.29) is 10.8 Å². The summed E-state index contributed by atoms with van der Waals surface area (Å²) in [5.41, 5.74) is 1.25. The molecule has 0 saturated heterocycles. The van der Waals surface area contributed by atoms with E-state index in [2.05, 4.69) is 4.98 Å². The third kappa shape index (κ3) is 3.83. The van der Waals surface area contributed by atoms with Crippen molar-refractivity contribution < 1.29 is 17.9 Å². The zero-order chi connectivity index (χ0) is 16.3. The first-order valence-electron chi connectivity index (χ1n) is 6.47.